The summed E-state index contributed by atoms with van der Waals surface area (Å²) in [7, 11) is -3.87. The summed E-state index contributed by atoms with van der Waals surface area (Å²) in [5.41, 5.74) is 2.61. The number of hydrogen-bond donors (Lipinski definition) is 1. The number of sulfonamides is 1. The first-order valence-corrected chi connectivity index (χ1v) is 12.2. The zero-order chi connectivity index (χ0) is 22.4. The summed E-state index contributed by atoms with van der Waals surface area (Å²) >= 11 is 9.26. The van der Waals surface area contributed by atoms with Crippen molar-refractivity contribution in [2.24, 2.45) is 0 Å². The highest BCUT2D eigenvalue weighted by molar-refractivity contribution is 9.10. The molecule has 0 aromatic heterocycles. The Morgan fingerprint density at radius 2 is 1.52 bits per heavy atom. The summed E-state index contributed by atoms with van der Waals surface area (Å²) in [4.78, 5) is 12.8. The van der Waals surface area contributed by atoms with Crippen LogP contribution in [0.4, 0.5) is 0 Å². The molecule has 1 N–H and O–H groups in total. The SMILES string of the molecule is Cc1ccc(S(=O)(=O)N(CC(=O)NCc2ccc(Cl)cc2)Cc2ccc(Br)cc2)cc1. The Balaban J connectivity index is 1.79. The molecule has 8 heteroatoms. The van der Waals surface area contributed by atoms with Gasteiger partial charge in [0, 0.05) is 22.6 Å². The van der Waals surface area contributed by atoms with Crippen molar-refractivity contribution in [2.75, 3.05) is 6.54 Å². The minimum Gasteiger partial charge on any atom is -0.351 e. The summed E-state index contributed by atoms with van der Waals surface area (Å²) in [6, 6.07) is 21.0. The Morgan fingerprint density at radius 1 is 0.935 bits per heavy atom. The molecule has 0 spiro atoms. The molecular formula is C23H22BrClN2O3S. The van der Waals surface area contributed by atoms with E-state index in [-0.39, 0.29) is 30.4 Å². The summed E-state index contributed by atoms with van der Waals surface area (Å²) < 4.78 is 28.7. The van der Waals surface area contributed by atoms with E-state index in [0.29, 0.717) is 5.02 Å². The van der Waals surface area contributed by atoms with Gasteiger partial charge in [-0.2, -0.15) is 4.31 Å². The predicted octanol–water partition coefficient (Wildman–Crippen LogP) is 4.92. The van der Waals surface area contributed by atoms with Crippen LogP contribution in [0.1, 0.15) is 16.7 Å². The van der Waals surface area contributed by atoms with Gasteiger partial charge in [0.05, 0.1) is 11.4 Å². The van der Waals surface area contributed by atoms with Crippen molar-refractivity contribution < 1.29 is 13.2 Å². The highest BCUT2D eigenvalue weighted by atomic mass is 79.9. The van der Waals surface area contributed by atoms with E-state index in [1.54, 1.807) is 36.4 Å². The lowest BCUT2D eigenvalue weighted by Gasteiger charge is -2.22. The van der Waals surface area contributed by atoms with Gasteiger partial charge in [0.1, 0.15) is 0 Å². The number of halogens is 2. The number of aryl methyl sites for hydroxylation is 1. The van der Waals surface area contributed by atoms with Crippen molar-refractivity contribution in [3.8, 4) is 0 Å². The van der Waals surface area contributed by atoms with Crippen molar-refractivity contribution in [2.45, 2.75) is 24.9 Å². The molecule has 0 saturated carbocycles. The Labute approximate surface area is 196 Å². The average molecular weight is 522 g/mol. The summed E-state index contributed by atoms with van der Waals surface area (Å²) in [6.45, 7) is 1.96. The van der Waals surface area contributed by atoms with Crippen molar-refractivity contribution >= 4 is 43.5 Å². The Morgan fingerprint density at radius 3 is 2.13 bits per heavy atom. The molecule has 0 radical (unpaired) electrons. The predicted molar refractivity (Wildman–Crippen MR) is 126 cm³/mol. The fourth-order valence-electron chi connectivity index (χ4n) is 2.90. The number of rotatable bonds is 8. The van der Waals surface area contributed by atoms with Gasteiger partial charge < -0.3 is 5.32 Å². The summed E-state index contributed by atoms with van der Waals surface area (Å²) in [5.74, 6) is -0.386. The maximum absolute atomic E-state index is 13.3. The second kappa shape index (κ2) is 10.4. The molecule has 1 amide bonds. The number of carbonyl (C=O) groups is 1. The van der Waals surface area contributed by atoms with E-state index in [2.05, 4.69) is 21.2 Å². The molecule has 0 atom stereocenters. The molecule has 0 saturated heterocycles. The van der Waals surface area contributed by atoms with E-state index in [0.717, 1.165) is 21.2 Å². The number of benzene rings is 3. The number of nitrogens with one attached hydrogen (secondary N) is 1. The average Bonchev–Trinajstić information content (AvgIpc) is 2.74. The lowest BCUT2D eigenvalue weighted by Crippen LogP contribution is -2.40. The van der Waals surface area contributed by atoms with Crippen LogP contribution in [-0.2, 0) is 27.9 Å². The van der Waals surface area contributed by atoms with Crippen molar-refractivity contribution in [3.05, 3.63) is 99.0 Å². The van der Waals surface area contributed by atoms with Gasteiger partial charge in [-0.1, -0.05) is 69.5 Å². The van der Waals surface area contributed by atoms with Crippen LogP contribution in [0.25, 0.3) is 0 Å². The van der Waals surface area contributed by atoms with E-state index in [4.69, 9.17) is 11.6 Å². The van der Waals surface area contributed by atoms with Crippen molar-refractivity contribution in [1.29, 1.82) is 0 Å². The monoisotopic (exact) mass is 520 g/mol. The lowest BCUT2D eigenvalue weighted by atomic mass is 10.2. The molecule has 0 heterocycles. The third kappa shape index (κ3) is 6.64. The molecular weight excluding hydrogens is 500 g/mol. The molecule has 0 fully saturated rings. The Kier molecular flexibility index (Phi) is 7.89. The normalized spacial score (nSPS) is 11.5. The maximum Gasteiger partial charge on any atom is 0.243 e. The Hall–Kier alpha value is -2.19. The molecule has 3 aromatic carbocycles. The second-order valence-electron chi connectivity index (χ2n) is 7.12. The van der Waals surface area contributed by atoms with E-state index in [9.17, 15) is 13.2 Å². The second-order valence-corrected chi connectivity index (χ2v) is 10.4. The quantitative estimate of drug-likeness (QED) is 0.458. The number of carbonyl (C=O) groups excluding carboxylic acids is 1. The Bertz CT molecular complexity index is 1130. The molecule has 31 heavy (non-hydrogen) atoms. The van der Waals surface area contributed by atoms with Gasteiger partial charge in [-0.25, -0.2) is 8.42 Å². The minimum absolute atomic E-state index is 0.0812. The van der Waals surface area contributed by atoms with Crippen LogP contribution in [0, 0.1) is 6.92 Å². The standard InChI is InChI=1S/C23H22BrClN2O3S/c1-17-2-12-22(13-3-17)31(29,30)27(15-19-4-8-20(24)9-5-19)16-23(28)26-14-18-6-10-21(25)11-7-18/h2-13H,14-16H2,1H3,(H,26,28). The van der Waals surface area contributed by atoms with E-state index < -0.39 is 10.0 Å². The number of amides is 1. The smallest absolute Gasteiger partial charge is 0.243 e. The molecule has 0 aliphatic rings. The number of hydrogen-bond acceptors (Lipinski definition) is 3. The summed E-state index contributed by atoms with van der Waals surface area (Å²) in [6.07, 6.45) is 0. The van der Waals surface area contributed by atoms with Gasteiger partial charge in [-0.15, -0.1) is 0 Å². The zero-order valence-electron chi connectivity index (χ0n) is 16.9. The molecule has 0 aliphatic carbocycles. The maximum atomic E-state index is 13.3. The third-order valence-corrected chi connectivity index (χ3v) is 7.24. The molecule has 0 bridgehead atoms. The van der Waals surface area contributed by atoms with Crippen LogP contribution >= 0.6 is 27.5 Å². The molecule has 3 aromatic rings. The van der Waals surface area contributed by atoms with Crippen LogP contribution in [0.5, 0.6) is 0 Å². The van der Waals surface area contributed by atoms with Crippen molar-refractivity contribution in [1.82, 2.24) is 9.62 Å². The first-order chi connectivity index (χ1) is 14.7. The third-order valence-electron chi connectivity index (χ3n) is 4.65. The van der Waals surface area contributed by atoms with Crippen LogP contribution in [0.2, 0.25) is 5.02 Å². The molecule has 0 aliphatic heterocycles. The molecule has 5 nitrogen and oxygen atoms in total. The van der Waals surface area contributed by atoms with Crippen LogP contribution < -0.4 is 5.32 Å². The lowest BCUT2D eigenvalue weighted by molar-refractivity contribution is -0.121. The largest absolute Gasteiger partial charge is 0.351 e. The van der Waals surface area contributed by atoms with Crippen LogP contribution in [0.15, 0.2) is 82.2 Å². The van der Waals surface area contributed by atoms with E-state index >= 15 is 0 Å². The van der Waals surface area contributed by atoms with Crippen molar-refractivity contribution in [3.63, 3.8) is 0 Å². The minimum atomic E-state index is -3.87. The fraction of sp³-hybridized carbons (Fsp3) is 0.174. The fourth-order valence-corrected chi connectivity index (χ4v) is 4.67. The van der Waals surface area contributed by atoms with Gasteiger partial charge in [-0.05, 0) is 54.4 Å². The first-order valence-electron chi connectivity index (χ1n) is 9.56. The van der Waals surface area contributed by atoms with E-state index in [1.807, 2.05) is 43.3 Å². The van der Waals surface area contributed by atoms with E-state index in [1.165, 1.54) is 4.31 Å². The molecule has 162 valence electrons. The van der Waals surface area contributed by atoms with Gasteiger partial charge in [0.2, 0.25) is 15.9 Å². The summed E-state index contributed by atoms with van der Waals surface area (Å²) in [5, 5.41) is 3.39. The van der Waals surface area contributed by atoms with Crippen LogP contribution in [-0.4, -0.2) is 25.2 Å². The topological polar surface area (TPSA) is 66.5 Å². The highest BCUT2D eigenvalue weighted by Gasteiger charge is 2.27. The van der Waals surface area contributed by atoms with Gasteiger partial charge >= 0.3 is 0 Å². The van der Waals surface area contributed by atoms with Gasteiger partial charge in [-0.3, -0.25) is 4.79 Å². The highest BCUT2D eigenvalue weighted by Crippen LogP contribution is 2.20. The van der Waals surface area contributed by atoms with Crippen LogP contribution in [0.3, 0.4) is 0 Å². The van der Waals surface area contributed by atoms with Gasteiger partial charge in [0.25, 0.3) is 0 Å². The molecule has 3 rings (SSSR count). The first kappa shape index (κ1) is 23.5. The number of nitrogens with zero attached hydrogens (tertiary/aromatic N) is 1. The van der Waals surface area contributed by atoms with Gasteiger partial charge in [0.15, 0.2) is 0 Å². The molecule has 0 unspecified atom stereocenters. The zero-order valence-corrected chi connectivity index (χ0v) is 20.0.